The Morgan fingerprint density at radius 2 is 1.56 bits per heavy atom. The number of anilines is 3. The second-order valence-electron chi connectivity index (χ2n) is 8.26. The summed E-state index contributed by atoms with van der Waals surface area (Å²) in [6.07, 6.45) is 0. The molecule has 0 unspecified atom stereocenters. The molecule has 0 atom stereocenters. The third kappa shape index (κ3) is 6.75. The fourth-order valence-corrected chi connectivity index (χ4v) is 4.40. The van der Waals surface area contributed by atoms with Crippen LogP contribution in [0.5, 0.6) is 5.75 Å². The van der Waals surface area contributed by atoms with Crippen LogP contribution in [-0.4, -0.2) is 59.2 Å². The molecule has 0 aliphatic carbocycles. The molecule has 188 valence electrons. The van der Waals surface area contributed by atoms with Gasteiger partial charge in [-0.25, -0.2) is 9.97 Å². The summed E-state index contributed by atoms with van der Waals surface area (Å²) in [5.41, 5.74) is 3.49. The number of aliphatic imine (C=N–C) groups is 1. The monoisotopic (exact) mass is 543 g/mol. The molecule has 1 aliphatic heterocycles. The average molecular weight is 545 g/mol. The van der Waals surface area contributed by atoms with Crippen molar-refractivity contribution in [2.24, 2.45) is 4.99 Å². The first-order valence-electron chi connectivity index (χ1n) is 11.4. The summed E-state index contributed by atoms with van der Waals surface area (Å²) in [7, 11) is 1.59. The zero-order chi connectivity index (χ0) is 25.7. The van der Waals surface area contributed by atoms with Gasteiger partial charge in [0.25, 0.3) is 0 Å². The average Bonchev–Trinajstić information content (AvgIpc) is 2.84. The normalized spacial score (nSPS) is 14.0. The Labute approximate surface area is 226 Å². The highest BCUT2D eigenvalue weighted by molar-refractivity contribution is 7.80. The van der Waals surface area contributed by atoms with Crippen molar-refractivity contribution in [1.82, 2.24) is 14.9 Å². The van der Waals surface area contributed by atoms with Gasteiger partial charge in [-0.2, -0.15) is 4.99 Å². The fraction of sp³-hybridized carbons (Fsp3) is 0.280. The van der Waals surface area contributed by atoms with E-state index in [1.54, 1.807) is 25.3 Å². The molecule has 1 aliphatic rings. The van der Waals surface area contributed by atoms with Gasteiger partial charge in [-0.05, 0) is 74.6 Å². The predicted octanol–water partition coefficient (Wildman–Crippen LogP) is 5.40. The molecule has 2 N–H and O–H groups in total. The molecule has 3 aromatic rings. The largest absolute Gasteiger partial charge is 0.495 e. The molecule has 1 fully saturated rings. The molecule has 0 amide bonds. The third-order valence-electron chi connectivity index (χ3n) is 5.59. The molecule has 8 nitrogen and oxygen atoms in total. The number of aromatic nitrogens is 2. The van der Waals surface area contributed by atoms with E-state index in [2.05, 4.69) is 30.4 Å². The first-order valence-corrected chi connectivity index (χ1v) is 12.5. The van der Waals surface area contributed by atoms with Crippen LogP contribution in [-0.2, 0) is 0 Å². The minimum atomic E-state index is 0.252. The van der Waals surface area contributed by atoms with Crippen LogP contribution >= 0.6 is 35.4 Å². The van der Waals surface area contributed by atoms with Gasteiger partial charge in [-0.15, -0.1) is 0 Å². The number of aryl methyl sites for hydroxylation is 2. The lowest BCUT2D eigenvalue weighted by molar-refractivity contribution is 0.385. The number of hydrogen-bond donors (Lipinski definition) is 2. The van der Waals surface area contributed by atoms with Gasteiger partial charge in [-0.1, -0.05) is 23.2 Å². The Bertz CT molecular complexity index is 1240. The van der Waals surface area contributed by atoms with Crippen molar-refractivity contribution < 1.29 is 4.74 Å². The van der Waals surface area contributed by atoms with Crippen LogP contribution in [0.3, 0.4) is 0 Å². The number of ether oxygens (including phenoxy) is 1. The van der Waals surface area contributed by atoms with Crippen LogP contribution in [0.4, 0.5) is 17.3 Å². The van der Waals surface area contributed by atoms with Crippen molar-refractivity contribution in [3.8, 4) is 5.75 Å². The molecule has 2 aromatic carbocycles. The lowest BCUT2D eigenvalue weighted by Crippen LogP contribution is -2.51. The quantitative estimate of drug-likeness (QED) is 0.257. The van der Waals surface area contributed by atoms with Crippen molar-refractivity contribution in [2.45, 2.75) is 13.8 Å². The summed E-state index contributed by atoms with van der Waals surface area (Å²) >= 11 is 17.8. The number of nitrogens with zero attached hydrogens (tertiary/aromatic N) is 5. The van der Waals surface area contributed by atoms with Crippen molar-refractivity contribution in [1.29, 1.82) is 0 Å². The predicted molar refractivity (Wildman–Crippen MR) is 152 cm³/mol. The minimum Gasteiger partial charge on any atom is -0.495 e. The van der Waals surface area contributed by atoms with Crippen molar-refractivity contribution in [2.75, 3.05) is 48.8 Å². The van der Waals surface area contributed by atoms with Gasteiger partial charge in [0, 0.05) is 53.3 Å². The summed E-state index contributed by atoms with van der Waals surface area (Å²) in [6, 6.07) is 15.1. The molecular weight excluding hydrogens is 517 g/mol. The Hall–Kier alpha value is -3.14. The Kier molecular flexibility index (Phi) is 8.45. The number of halogens is 2. The van der Waals surface area contributed by atoms with E-state index in [0.717, 1.165) is 48.3 Å². The van der Waals surface area contributed by atoms with Crippen molar-refractivity contribution in [3.63, 3.8) is 0 Å². The third-order valence-corrected chi connectivity index (χ3v) is 6.27. The molecule has 1 saturated heterocycles. The smallest absolute Gasteiger partial charge is 0.229 e. The maximum Gasteiger partial charge on any atom is 0.229 e. The van der Waals surface area contributed by atoms with Gasteiger partial charge in [0.05, 0.1) is 12.8 Å². The van der Waals surface area contributed by atoms with Crippen molar-refractivity contribution in [3.05, 3.63) is 70.0 Å². The minimum absolute atomic E-state index is 0.252. The van der Waals surface area contributed by atoms with E-state index in [4.69, 9.17) is 45.1 Å². The summed E-state index contributed by atoms with van der Waals surface area (Å²) in [5, 5.41) is 7.94. The zero-order valence-electron chi connectivity index (χ0n) is 20.3. The zero-order valence-corrected chi connectivity index (χ0v) is 22.6. The van der Waals surface area contributed by atoms with Crippen LogP contribution in [0.2, 0.25) is 10.0 Å². The maximum atomic E-state index is 6.17. The van der Waals surface area contributed by atoms with Gasteiger partial charge in [0.1, 0.15) is 5.75 Å². The van der Waals surface area contributed by atoms with E-state index in [9.17, 15) is 0 Å². The number of methoxy groups -OCH3 is 1. The number of guanidine groups is 1. The number of nitrogens with one attached hydrogen (secondary N) is 2. The van der Waals surface area contributed by atoms with Crippen LogP contribution in [0.25, 0.3) is 0 Å². The molecule has 0 spiro atoms. The van der Waals surface area contributed by atoms with E-state index in [1.165, 1.54) is 0 Å². The van der Waals surface area contributed by atoms with Gasteiger partial charge < -0.3 is 19.9 Å². The van der Waals surface area contributed by atoms with Gasteiger partial charge in [0.15, 0.2) is 0 Å². The molecule has 1 aromatic heterocycles. The van der Waals surface area contributed by atoms with E-state index < -0.39 is 0 Å². The Balaban J connectivity index is 1.55. The van der Waals surface area contributed by atoms with E-state index in [1.807, 2.05) is 44.2 Å². The number of piperazine rings is 1. The lowest BCUT2D eigenvalue weighted by atomic mass is 10.2. The Morgan fingerprint density at radius 1 is 0.917 bits per heavy atom. The summed E-state index contributed by atoms with van der Waals surface area (Å²) < 4.78 is 5.42. The topological polar surface area (TPSA) is 77.9 Å². The number of thiocarbonyl (C=S) groups is 1. The fourth-order valence-electron chi connectivity index (χ4n) is 3.91. The van der Waals surface area contributed by atoms with Crippen LogP contribution in [0.15, 0.2) is 53.5 Å². The number of benzene rings is 2. The van der Waals surface area contributed by atoms with Crippen molar-refractivity contribution >= 4 is 63.8 Å². The number of rotatable bonds is 4. The molecule has 0 radical (unpaired) electrons. The first kappa shape index (κ1) is 25.9. The van der Waals surface area contributed by atoms with Crippen LogP contribution in [0.1, 0.15) is 11.4 Å². The highest BCUT2D eigenvalue weighted by atomic mass is 35.5. The summed E-state index contributed by atoms with van der Waals surface area (Å²) in [6.45, 7) is 6.92. The van der Waals surface area contributed by atoms with Gasteiger partial charge in [0.2, 0.25) is 17.0 Å². The molecule has 0 saturated carbocycles. The van der Waals surface area contributed by atoms with Crippen LogP contribution < -0.4 is 20.3 Å². The summed E-state index contributed by atoms with van der Waals surface area (Å²) in [4.78, 5) is 18.2. The van der Waals surface area contributed by atoms with E-state index >= 15 is 0 Å². The molecule has 4 rings (SSSR count). The summed E-state index contributed by atoms with van der Waals surface area (Å²) in [5.74, 6) is 1.64. The maximum absolute atomic E-state index is 6.17. The van der Waals surface area contributed by atoms with E-state index in [0.29, 0.717) is 28.4 Å². The highest BCUT2D eigenvalue weighted by Crippen LogP contribution is 2.28. The second kappa shape index (κ2) is 11.7. The van der Waals surface area contributed by atoms with Gasteiger partial charge in [-0.3, -0.25) is 5.32 Å². The Morgan fingerprint density at radius 3 is 2.19 bits per heavy atom. The molecule has 11 heteroatoms. The number of hydrogen-bond acceptors (Lipinski definition) is 5. The second-order valence-corrected chi connectivity index (χ2v) is 9.52. The highest BCUT2D eigenvalue weighted by Gasteiger charge is 2.22. The lowest BCUT2D eigenvalue weighted by Gasteiger charge is -2.37. The molecular formula is C25H27Cl2N7OS. The molecule has 2 heterocycles. The SMILES string of the molecule is COc1ccc(Cl)cc1NC(=S)/N=C(/Nc1nc(C)cc(C)n1)N1CCN(c2ccc(Cl)cc2)CC1. The van der Waals surface area contributed by atoms with Crippen LogP contribution in [0, 0.1) is 13.8 Å². The molecule has 36 heavy (non-hydrogen) atoms. The van der Waals surface area contributed by atoms with E-state index in [-0.39, 0.29) is 5.11 Å². The molecule has 0 bridgehead atoms. The van der Waals surface area contributed by atoms with Gasteiger partial charge >= 0.3 is 0 Å². The first-order chi connectivity index (χ1) is 17.3. The standard InChI is InChI=1S/C25H27Cl2N7OS/c1-16-14-17(2)29-23(28-16)31-24(32-25(36)30-21-15-19(27)6-9-22(21)35-3)34-12-10-33(11-13-34)20-7-4-18(26)5-8-20/h4-9,14-15H,10-13H2,1-3H3,(H2,28,29,30,31,32,36).